The molecule has 2 amide bonds. The van der Waals surface area contributed by atoms with Gasteiger partial charge in [-0.25, -0.2) is 0 Å². The topological polar surface area (TPSA) is 58.6 Å². The lowest BCUT2D eigenvalue weighted by molar-refractivity contribution is 0.0698. The standard InChI is InChI=1S/C20H21BrN2O3/c1-26-18-4-2-3-15(13-18)19(24)22-17-9-11-23(12-10-17)20(25)14-5-7-16(21)8-6-14/h2-8,13,17H,9-12H2,1H3,(H,22,24). The molecule has 2 aromatic carbocycles. The first kappa shape index (κ1) is 18.5. The van der Waals surface area contributed by atoms with Gasteiger partial charge >= 0.3 is 0 Å². The minimum atomic E-state index is -0.110. The number of carbonyl (C=O) groups is 2. The van der Waals surface area contributed by atoms with E-state index in [-0.39, 0.29) is 17.9 Å². The number of nitrogens with zero attached hydrogens (tertiary/aromatic N) is 1. The van der Waals surface area contributed by atoms with E-state index < -0.39 is 0 Å². The number of amides is 2. The van der Waals surface area contributed by atoms with Gasteiger partial charge in [0.15, 0.2) is 0 Å². The van der Waals surface area contributed by atoms with E-state index in [0.29, 0.717) is 30.0 Å². The highest BCUT2D eigenvalue weighted by Crippen LogP contribution is 2.17. The number of methoxy groups -OCH3 is 1. The zero-order chi connectivity index (χ0) is 18.5. The predicted octanol–water partition coefficient (Wildman–Crippen LogP) is 3.49. The largest absolute Gasteiger partial charge is 0.497 e. The minimum Gasteiger partial charge on any atom is -0.497 e. The van der Waals surface area contributed by atoms with Gasteiger partial charge in [-0.05, 0) is 55.3 Å². The maximum absolute atomic E-state index is 12.5. The van der Waals surface area contributed by atoms with Gasteiger partial charge < -0.3 is 15.0 Å². The fourth-order valence-corrected chi connectivity index (χ4v) is 3.30. The molecule has 0 unspecified atom stereocenters. The number of piperidine rings is 1. The van der Waals surface area contributed by atoms with E-state index in [9.17, 15) is 9.59 Å². The van der Waals surface area contributed by atoms with Gasteiger partial charge in [0.1, 0.15) is 5.75 Å². The molecule has 0 radical (unpaired) electrons. The summed E-state index contributed by atoms with van der Waals surface area (Å²) in [6.07, 6.45) is 1.50. The van der Waals surface area contributed by atoms with Crippen molar-refractivity contribution in [1.82, 2.24) is 10.2 Å². The lowest BCUT2D eigenvalue weighted by atomic mass is 10.0. The summed E-state index contributed by atoms with van der Waals surface area (Å²) < 4.78 is 6.11. The summed E-state index contributed by atoms with van der Waals surface area (Å²) in [6.45, 7) is 1.27. The summed E-state index contributed by atoms with van der Waals surface area (Å²) in [7, 11) is 1.58. The molecule has 136 valence electrons. The van der Waals surface area contributed by atoms with E-state index in [1.54, 1.807) is 25.3 Å². The Kier molecular flexibility index (Phi) is 5.93. The molecule has 0 atom stereocenters. The molecule has 3 rings (SSSR count). The summed E-state index contributed by atoms with van der Waals surface area (Å²) in [6, 6.07) is 14.6. The normalized spacial score (nSPS) is 14.8. The number of halogens is 1. The zero-order valence-electron chi connectivity index (χ0n) is 14.6. The zero-order valence-corrected chi connectivity index (χ0v) is 16.2. The molecule has 0 bridgehead atoms. The number of ether oxygens (including phenoxy) is 1. The van der Waals surface area contributed by atoms with E-state index >= 15 is 0 Å². The van der Waals surface area contributed by atoms with E-state index in [1.807, 2.05) is 35.2 Å². The van der Waals surface area contributed by atoms with E-state index in [4.69, 9.17) is 4.74 Å². The number of rotatable bonds is 4. The van der Waals surface area contributed by atoms with Gasteiger partial charge in [-0.1, -0.05) is 22.0 Å². The Morgan fingerprint density at radius 1 is 1.08 bits per heavy atom. The van der Waals surface area contributed by atoms with Crippen molar-refractivity contribution >= 4 is 27.7 Å². The van der Waals surface area contributed by atoms with Crippen LogP contribution in [0.1, 0.15) is 33.6 Å². The molecule has 0 aromatic heterocycles. The third-order valence-corrected chi connectivity index (χ3v) is 5.07. The Labute approximate surface area is 161 Å². The lowest BCUT2D eigenvalue weighted by Crippen LogP contribution is -2.46. The molecule has 1 heterocycles. The summed E-state index contributed by atoms with van der Waals surface area (Å²) in [5.74, 6) is 0.587. The van der Waals surface area contributed by atoms with Crippen LogP contribution in [0.3, 0.4) is 0 Å². The Balaban J connectivity index is 1.54. The molecule has 1 aliphatic heterocycles. The van der Waals surface area contributed by atoms with Crippen LogP contribution in [0, 0.1) is 0 Å². The van der Waals surface area contributed by atoms with Crippen molar-refractivity contribution < 1.29 is 14.3 Å². The van der Waals surface area contributed by atoms with E-state index in [0.717, 1.165) is 17.3 Å². The smallest absolute Gasteiger partial charge is 0.253 e. The highest BCUT2D eigenvalue weighted by molar-refractivity contribution is 9.10. The van der Waals surface area contributed by atoms with Crippen LogP contribution < -0.4 is 10.1 Å². The van der Waals surface area contributed by atoms with Crippen LogP contribution >= 0.6 is 15.9 Å². The molecule has 1 N–H and O–H groups in total. The van der Waals surface area contributed by atoms with E-state index in [2.05, 4.69) is 21.2 Å². The molecular weight excluding hydrogens is 396 g/mol. The highest BCUT2D eigenvalue weighted by Gasteiger charge is 2.25. The second kappa shape index (κ2) is 8.36. The van der Waals surface area contributed by atoms with Crippen LogP contribution in [0.15, 0.2) is 53.0 Å². The van der Waals surface area contributed by atoms with Crippen molar-refractivity contribution in [3.05, 3.63) is 64.1 Å². The van der Waals surface area contributed by atoms with Crippen LogP contribution in [0.2, 0.25) is 0 Å². The molecule has 6 heteroatoms. The molecule has 1 saturated heterocycles. The Morgan fingerprint density at radius 2 is 1.77 bits per heavy atom. The highest BCUT2D eigenvalue weighted by atomic mass is 79.9. The number of benzene rings is 2. The average Bonchev–Trinajstić information content (AvgIpc) is 2.68. The van der Waals surface area contributed by atoms with Crippen LogP contribution in [-0.4, -0.2) is 43.0 Å². The van der Waals surface area contributed by atoms with Gasteiger partial charge in [0.25, 0.3) is 11.8 Å². The molecule has 2 aromatic rings. The summed E-state index contributed by atoms with van der Waals surface area (Å²) >= 11 is 3.38. The van der Waals surface area contributed by atoms with Gasteiger partial charge in [-0.15, -0.1) is 0 Å². The molecule has 0 spiro atoms. The maximum Gasteiger partial charge on any atom is 0.253 e. The SMILES string of the molecule is COc1cccc(C(=O)NC2CCN(C(=O)c3ccc(Br)cc3)CC2)c1. The van der Waals surface area contributed by atoms with Crippen LogP contribution in [0.25, 0.3) is 0 Å². The minimum absolute atomic E-state index is 0.0371. The first-order valence-electron chi connectivity index (χ1n) is 8.56. The second-order valence-corrected chi connectivity index (χ2v) is 7.19. The fourth-order valence-electron chi connectivity index (χ4n) is 3.03. The van der Waals surface area contributed by atoms with Crippen molar-refractivity contribution in [2.45, 2.75) is 18.9 Å². The number of likely N-dealkylation sites (tertiary alicyclic amines) is 1. The number of hydrogen-bond acceptors (Lipinski definition) is 3. The van der Waals surface area contributed by atoms with Crippen molar-refractivity contribution in [2.75, 3.05) is 20.2 Å². The van der Waals surface area contributed by atoms with Crippen molar-refractivity contribution in [3.8, 4) is 5.75 Å². The van der Waals surface area contributed by atoms with Crippen molar-refractivity contribution in [2.24, 2.45) is 0 Å². The molecule has 0 saturated carbocycles. The number of carbonyl (C=O) groups excluding carboxylic acids is 2. The molecular formula is C20H21BrN2O3. The monoisotopic (exact) mass is 416 g/mol. The molecule has 1 aliphatic rings. The first-order chi connectivity index (χ1) is 12.6. The van der Waals surface area contributed by atoms with Crippen molar-refractivity contribution in [1.29, 1.82) is 0 Å². The summed E-state index contributed by atoms with van der Waals surface area (Å²) in [4.78, 5) is 26.8. The predicted molar refractivity (Wildman–Crippen MR) is 104 cm³/mol. The molecule has 26 heavy (non-hydrogen) atoms. The van der Waals surface area contributed by atoms with Gasteiger partial charge in [0.2, 0.25) is 0 Å². The third kappa shape index (κ3) is 4.43. The second-order valence-electron chi connectivity index (χ2n) is 6.28. The third-order valence-electron chi connectivity index (χ3n) is 4.54. The van der Waals surface area contributed by atoms with Gasteiger partial charge in [0.05, 0.1) is 7.11 Å². The summed E-state index contributed by atoms with van der Waals surface area (Å²) in [5, 5.41) is 3.05. The van der Waals surface area contributed by atoms with Crippen LogP contribution in [0.5, 0.6) is 5.75 Å². The quantitative estimate of drug-likeness (QED) is 0.829. The van der Waals surface area contributed by atoms with E-state index in [1.165, 1.54) is 0 Å². The lowest BCUT2D eigenvalue weighted by Gasteiger charge is -2.32. The Hall–Kier alpha value is -2.34. The average molecular weight is 417 g/mol. The Morgan fingerprint density at radius 3 is 2.42 bits per heavy atom. The molecule has 0 aliphatic carbocycles. The Bertz CT molecular complexity index is 784. The number of nitrogens with one attached hydrogen (secondary N) is 1. The van der Waals surface area contributed by atoms with Gasteiger partial charge in [-0.2, -0.15) is 0 Å². The van der Waals surface area contributed by atoms with Gasteiger partial charge in [0, 0.05) is 34.7 Å². The molecule has 5 nitrogen and oxygen atoms in total. The first-order valence-corrected chi connectivity index (χ1v) is 9.36. The summed E-state index contributed by atoms with van der Waals surface area (Å²) in [5.41, 5.74) is 1.27. The van der Waals surface area contributed by atoms with Crippen molar-refractivity contribution in [3.63, 3.8) is 0 Å². The number of hydrogen-bond donors (Lipinski definition) is 1. The van der Waals surface area contributed by atoms with Crippen LogP contribution in [-0.2, 0) is 0 Å². The maximum atomic E-state index is 12.5. The van der Waals surface area contributed by atoms with Gasteiger partial charge in [-0.3, -0.25) is 9.59 Å². The van der Waals surface area contributed by atoms with Crippen LogP contribution in [0.4, 0.5) is 0 Å². The molecule has 1 fully saturated rings. The fraction of sp³-hybridized carbons (Fsp3) is 0.300.